The Morgan fingerprint density at radius 1 is 0.897 bits per heavy atom. The lowest BCUT2D eigenvalue weighted by molar-refractivity contribution is 0.391. The van der Waals surface area contributed by atoms with Gasteiger partial charge in [-0.15, -0.1) is 5.10 Å². The minimum Gasteiger partial charge on any atom is -0.256 e. The summed E-state index contributed by atoms with van der Waals surface area (Å²) in [5.74, 6) is -0.291. The number of hydrogen-bond donors (Lipinski definition) is 0. The van der Waals surface area contributed by atoms with Crippen molar-refractivity contribution in [1.82, 2.24) is 25.0 Å². The van der Waals surface area contributed by atoms with E-state index in [2.05, 4.69) is 41.3 Å². The molecule has 5 rings (SSSR count). The summed E-state index contributed by atoms with van der Waals surface area (Å²) in [4.78, 5) is 9.15. The van der Waals surface area contributed by atoms with Crippen LogP contribution in [0.1, 0.15) is 19.4 Å². The molecule has 0 saturated heterocycles. The van der Waals surface area contributed by atoms with Crippen LogP contribution >= 0.6 is 0 Å². The topological polar surface area (TPSA) is 56.5 Å². The van der Waals surface area contributed by atoms with Gasteiger partial charge in [-0.2, -0.15) is 0 Å². The number of rotatable bonds is 3. The van der Waals surface area contributed by atoms with Gasteiger partial charge in [0, 0.05) is 17.1 Å². The van der Waals surface area contributed by atoms with Crippen molar-refractivity contribution in [3.63, 3.8) is 0 Å². The van der Waals surface area contributed by atoms with E-state index in [0.717, 1.165) is 16.5 Å². The standard InChI is InChI=1S/C23H18FN5/c1-23(2,17-8-9-19-15(13-17)6-4-12-25-19)29-22-21(27-28-29)11-10-20(26-22)16-5-3-7-18(24)14-16/h3-14H,1-2H3. The Bertz CT molecular complexity index is 1360. The summed E-state index contributed by atoms with van der Waals surface area (Å²) in [6.07, 6.45) is 1.79. The lowest BCUT2D eigenvalue weighted by atomic mass is 9.93. The first-order valence-corrected chi connectivity index (χ1v) is 9.36. The van der Waals surface area contributed by atoms with Crippen LogP contribution in [-0.4, -0.2) is 25.0 Å². The van der Waals surface area contributed by atoms with Gasteiger partial charge in [0.15, 0.2) is 5.65 Å². The van der Waals surface area contributed by atoms with Crippen LogP contribution in [-0.2, 0) is 5.54 Å². The molecule has 0 unspecified atom stereocenters. The van der Waals surface area contributed by atoms with Crippen molar-refractivity contribution >= 4 is 22.1 Å². The number of pyridine rings is 2. The highest BCUT2D eigenvalue weighted by molar-refractivity contribution is 5.79. The molecule has 0 radical (unpaired) electrons. The Labute approximate surface area is 166 Å². The molecule has 0 amide bonds. The molecule has 3 aromatic heterocycles. The molecule has 142 valence electrons. The predicted molar refractivity (Wildman–Crippen MR) is 111 cm³/mol. The second-order valence-corrected chi connectivity index (χ2v) is 7.52. The first kappa shape index (κ1) is 17.4. The molecule has 6 heteroatoms. The molecule has 3 heterocycles. The molecule has 0 saturated carbocycles. The van der Waals surface area contributed by atoms with Crippen molar-refractivity contribution in [3.8, 4) is 11.3 Å². The Kier molecular flexibility index (Phi) is 3.87. The number of halogens is 1. The minimum absolute atomic E-state index is 0.291. The molecule has 5 nitrogen and oxygen atoms in total. The molecular weight excluding hydrogens is 365 g/mol. The summed E-state index contributed by atoms with van der Waals surface area (Å²) < 4.78 is 15.5. The summed E-state index contributed by atoms with van der Waals surface area (Å²) in [5.41, 5.74) is 4.27. The molecule has 29 heavy (non-hydrogen) atoms. The van der Waals surface area contributed by atoms with E-state index in [1.165, 1.54) is 12.1 Å². The van der Waals surface area contributed by atoms with Gasteiger partial charge < -0.3 is 0 Å². The molecular formula is C23H18FN5. The van der Waals surface area contributed by atoms with E-state index in [0.29, 0.717) is 22.4 Å². The van der Waals surface area contributed by atoms with Gasteiger partial charge in [0.2, 0.25) is 0 Å². The van der Waals surface area contributed by atoms with Gasteiger partial charge in [-0.25, -0.2) is 14.1 Å². The summed E-state index contributed by atoms with van der Waals surface area (Å²) in [5, 5.41) is 9.75. The van der Waals surface area contributed by atoms with E-state index in [9.17, 15) is 4.39 Å². The highest BCUT2D eigenvalue weighted by atomic mass is 19.1. The van der Waals surface area contributed by atoms with E-state index in [-0.39, 0.29) is 5.82 Å². The molecule has 0 aliphatic carbocycles. The molecule has 0 aliphatic heterocycles. The smallest absolute Gasteiger partial charge is 0.179 e. The van der Waals surface area contributed by atoms with Gasteiger partial charge in [0.1, 0.15) is 11.3 Å². The van der Waals surface area contributed by atoms with Crippen LogP contribution in [0.4, 0.5) is 4.39 Å². The van der Waals surface area contributed by atoms with Gasteiger partial charge in [0.25, 0.3) is 0 Å². The Balaban J connectivity index is 1.65. The van der Waals surface area contributed by atoms with Crippen molar-refractivity contribution in [2.75, 3.05) is 0 Å². The molecule has 0 spiro atoms. The average Bonchev–Trinajstić information content (AvgIpc) is 3.17. The molecule has 5 aromatic rings. The van der Waals surface area contributed by atoms with E-state index in [1.807, 2.05) is 41.1 Å². The van der Waals surface area contributed by atoms with Crippen LogP contribution in [0, 0.1) is 5.82 Å². The van der Waals surface area contributed by atoms with Crippen LogP contribution in [0.25, 0.3) is 33.3 Å². The maximum absolute atomic E-state index is 13.7. The number of benzene rings is 2. The quantitative estimate of drug-likeness (QED) is 0.442. The van der Waals surface area contributed by atoms with Crippen molar-refractivity contribution < 1.29 is 4.39 Å². The SMILES string of the molecule is CC(C)(c1ccc2ncccc2c1)n1nnc2ccc(-c3cccc(F)c3)nc21. The van der Waals surface area contributed by atoms with Crippen LogP contribution in [0.2, 0.25) is 0 Å². The summed E-state index contributed by atoms with van der Waals surface area (Å²) in [6, 6.07) is 20.3. The van der Waals surface area contributed by atoms with Gasteiger partial charge in [-0.1, -0.05) is 29.5 Å². The fourth-order valence-electron chi connectivity index (χ4n) is 3.57. The second kappa shape index (κ2) is 6.44. The first-order chi connectivity index (χ1) is 14.0. The lowest BCUT2D eigenvalue weighted by Crippen LogP contribution is -2.29. The third-order valence-corrected chi connectivity index (χ3v) is 5.26. The van der Waals surface area contributed by atoms with Crippen LogP contribution < -0.4 is 0 Å². The summed E-state index contributed by atoms with van der Waals surface area (Å²) in [6.45, 7) is 4.16. The number of aromatic nitrogens is 5. The molecule has 2 aromatic carbocycles. The Morgan fingerprint density at radius 2 is 1.76 bits per heavy atom. The fraction of sp³-hybridized carbons (Fsp3) is 0.130. The zero-order valence-corrected chi connectivity index (χ0v) is 16.0. The van der Waals surface area contributed by atoms with Crippen molar-refractivity contribution in [3.05, 3.63) is 84.3 Å². The van der Waals surface area contributed by atoms with Gasteiger partial charge >= 0.3 is 0 Å². The zero-order valence-electron chi connectivity index (χ0n) is 16.0. The second-order valence-electron chi connectivity index (χ2n) is 7.52. The van der Waals surface area contributed by atoms with Crippen LogP contribution in [0.3, 0.4) is 0 Å². The number of fused-ring (bicyclic) bond motifs is 2. The summed E-state index contributed by atoms with van der Waals surface area (Å²) in [7, 11) is 0. The van der Waals surface area contributed by atoms with Crippen LogP contribution in [0.15, 0.2) is 72.9 Å². The highest BCUT2D eigenvalue weighted by Gasteiger charge is 2.27. The largest absolute Gasteiger partial charge is 0.256 e. The van der Waals surface area contributed by atoms with E-state index < -0.39 is 5.54 Å². The third kappa shape index (κ3) is 2.93. The van der Waals surface area contributed by atoms with Gasteiger partial charge in [0.05, 0.1) is 16.7 Å². The predicted octanol–water partition coefficient (Wildman–Crippen LogP) is 4.96. The zero-order chi connectivity index (χ0) is 20.0. The first-order valence-electron chi connectivity index (χ1n) is 9.36. The number of nitrogens with zero attached hydrogens (tertiary/aromatic N) is 5. The monoisotopic (exact) mass is 383 g/mol. The normalized spacial score (nSPS) is 12.0. The van der Waals surface area contributed by atoms with Crippen molar-refractivity contribution in [2.24, 2.45) is 0 Å². The summed E-state index contributed by atoms with van der Waals surface area (Å²) >= 11 is 0. The number of hydrogen-bond acceptors (Lipinski definition) is 4. The molecule has 0 fully saturated rings. The van der Waals surface area contributed by atoms with Crippen molar-refractivity contribution in [2.45, 2.75) is 19.4 Å². The molecule has 0 bridgehead atoms. The molecule has 0 N–H and O–H groups in total. The fourth-order valence-corrected chi connectivity index (χ4v) is 3.57. The minimum atomic E-state index is -0.494. The average molecular weight is 383 g/mol. The molecule has 0 aliphatic rings. The Hall–Kier alpha value is -3.67. The third-order valence-electron chi connectivity index (χ3n) is 5.26. The lowest BCUT2D eigenvalue weighted by Gasteiger charge is -2.26. The van der Waals surface area contributed by atoms with Gasteiger partial charge in [-0.05, 0) is 61.9 Å². The maximum atomic E-state index is 13.7. The maximum Gasteiger partial charge on any atom is 0.179 e. The molecule has 0 atom stereocenters. The highest BCUT2D eigenvalue weighted by Crippen LogP contribution is 2.30. The van der Waals surface area contributed by atoms with E-state index in [1.54, 1.807) is 12.3 Å². The van der Waals surface area contributed by atoms with E-state index in [4.69, 9.17) is 4.98 Å². The van der Waals surface area contributed by atoms with Crippen LogP contribution in [0.5, 0.6) is 0 Å². The van der Waals surface area contributed by atoms with Crippen molar-refractivity contribution in [1.29, 1.82) is 0 Å². The van der Waals surface area contributed by atoms with E-state index >= 15 is 0 Å². The van der Waals surface area contributed by atoms with Gasteiger partial charge in [-0.3, -0.25) is 4.98 Å². The Morgan fingerprint density at radius 3 is 2.62 bits per heavy atom.